The summed E-state index contributed by atoms with van der Waals surface area (Å²) in [6, 6.07) is 18.0. The Morgan fingerprint density at radius 3 is 2.48 bits per heavy atom. The number of rotatable bonds is 8. The summed E-state index contributed by atoms with van der Waals surface area (Å²) in [5.41, 5.74) is 4.51. The van der Waals surface area contributed by atoms with Gasteiger partial charge in [-0.3, -0.25) is 9.89 Å². The molecule has 0 radical (unpaired) electrons. The number of unbranched alkanes of at least 4 members (excludes halogenated alkanes) is 1. The Hall–Kier alpha value is -3.08. The highest BCUT2D eigenvalue weighted by atomic mass is 16.5. The van der Waals surface area contributed by atoms with Crippen LogP contribution in [0.2, 0.25) is 0 Å². The van der Waals surface area contributed by atoms with Gasteiger partial charge in [0.15, 0.2) is 0 Å². The zero-order valence-corrected chi connectivity index (χ0v) is 17.0. The lowest BCUT2D eigenvalue weighted by molar-refractivity contribution is 0.0744. The first-order valence-electron chi connectivity index (χ1n) is 10.4. The number of carbonyl (C=O) groups excluding carboxylic acids is 1. The fourth-order valence-electron chi connectivity index (χ4n) is 3.91. The summed E-state index contributed by atoms with van der Waals surface area (Å²) < 4.78 is 5.81. The Labute approximate surface area is 171 Å². The van der Waals surface area contributed by atoms with Gasteiger partial charge in [0.2, 0.25) is 0 Å². The van der Waals surface area contributed by atoms with Gasteiger partial charge in [0.25, 0.3) is 5.91 Å². The number of aromatic amines is 1. The molecule has 1 aliphatic heterocycles. The summed E-state index contributed by atoms with van der Waals surface area (Å²) in [5.74, 6) is 0.883. The highest BCUT2D eigenvalue weighted by Crippen LogP contribution is 2.43. The van der Waals surface area contributed by atoms with E-state index in [0.717, 1.165) is 54.0 Å². The number of hydrogen-bond donors (Lipinski definition) is 1. The van der Waals surface area contributed by atoms with Gasteiger partial charge < -0.3 is 9.64 Å². The Bertz CT molecular complexity index is 964. The lowest BCUT2D eigenvalue weighted by Gasteiger charge is -2.26. The molecule has 0 saturated heterocycles. The van der Waals surface area contributed by atoms with E-state index in [0.29, 0.717) is 12.2 Å². The summed E-state index contributed by atoms with van der Waals surface area (Å²) in [7, 11) is 0. The lowest BCUT2D eigenvalue weighted by atomic mass is 9.96. The highest BCUT2D eigenvalue weighted by Gasteiger charge is 2.41. The SMILES string of the molecule is CCCCOc1ccc(C2c3c(-c4ccccc4)n[nH]c3C(=O)N2CCC)cc1. The van der Waals surface area contributed by atoms with E-state index in [1.54, 1.807) is 0 Å². The van der Waals surface area contributed by atoms with Crippen LogP contribution in [0.4, 0.5) is 0 Å². The Morgan fingerprint density at radius 2 is 1.79 bits per heavy atom. The van der Waals surface area contributed by atoms with Crippen LogP contribution in [0, 0.1) is 0 Å². The second-order valence-corrected chi connectivity index (χ2v) is 7.40. The number of amides is 1. The van der Waals surface area contributed by atoms with E-state index in [1.807, 2.05) is 47.4 Å². The first-order chi connectivity index (χ1) is 14.2. The van der Waals surface area contributed by atoms with Crippen molar-refractivity contribution >= 4 is 5.91 Å². The molecule has 1 aromatic heterocycles. The predicted octanol–water partition coefficient (Wildman–Crippen LogP) is 5.21. The number of H-pyrrole nitrogens is 1. The maximum Gasteiger partial charge on any atom is 0.273 e. The quantitative estimate of drug-likeness (QED) is 0.538. The summed E-state index contributed by atoms with van der Waals surface area (Å²) in [6.45, 7) is 5.68. The maximum atomic E-state index is 13.1. The number of aromatic nitrogens is 2. The summed E-state index contributed by atoms with van der Waals surface area (Å²) in [4.78, 5) is 15.0. The lowest BCUT2D eigenvalue weighted by Crippen LogP contribution is -2.30. The molecule has 1 unspecified atom stereocenters. The average Bonchev–Trinajstić information content (AvgIpc) is 3.30. The number of hydrogen-bond acceptors (Lipinski definition) is 3. The largest absolute Gasteiger partial charge is 0.494 e. The van der Waals surface area contributed by atoms with E-state index in [2.05, 4.69) is 36.2 Å². The second-order valence-electron chi connectivity index (χ2n) is 7.40. The second kappa shape index (κ2) is 8.52. The predicted molar refractivity (Wildman–Crippen MR) is 114 cm³/mol. The van der Waals surface area contributed by atoms with Crippen molar-refractivity contribution in [3.63, 3.8) is 0 Å². The number of carbonyl (C=O) groups is 1. The third kappa shape index (κ3) is 3.65. The molecule has 5 nitrogen and oxygen atoms in total. The molecule has 2 heterocycles. The van der Waals surface area contributed by atoms with Crippen LogP contribution < -0.4 is 4.74 Å². The van der Waals surface area contributed by atoms with E-state index in [1.165, 1.54) is 0 Å². The van der Waals surface area contributed by atoms with Crippen molar-refractivity contribution in [3.8, 4) is 17.0 Å². The van der Waals surface area contributed by atoms with Gasteiger partial charge in [-0.25, -0.2) is 0 Å². The van der Waals surface area contributed by atoms with Crippen LogP contribution in [0.15, 0.2) is 54.6 Å². The minimum atomic E-state index is -0.143. The molecule has 2 aromatic carbocycles. The minimum Gasteiger partial charge on any atom is -0.494 e. The topological polar surface area (TPSA) is 58.2 Å². The fourth-order valence-corrected chi connectivity index (χ4v) is 3.91. The molecule has 4 rings (SSSR count). The third-order valence-electron chi connectivity index (χ3n) is 5.34. The summed E-state index contributed by atoms with van der Waals surface area (Å²) >= 11 is 0. The van der Waals surface area contributed by atoms with Crippen LogP contribution in [0.25, 0.3) is 11.3 Å². The molecule has 1 aliphatic rings. The molecule has 3 aromatic rings. The van der Waals surface area contributed by atoms with Gasteiger partial charge in [-0.05, 0) is 30.5 Å². The van der Waals surface area contributed by atoms with Crippen molar-refractivity contribution in [2.45, 2.75) is 39.2 Å². The normalized spacial score (nSPS) is 15.6. The number of nitrogens with zero attached hydrogens (tertiary/aromatic N) is 2. The van der Waals surface area contributed by atoms with Crippen molar-refractivity contribution in [2.24, 2.45) is 0 Å². The number of fused-ring (bicyclic) bond motifs is 1. The van der Waals surface area contributed by atoms with E-state index in [4.69, 9.17) is 4.74 Å². The Morgan fingerprint density at radius 1 is 1.03 bits per heavy atom. The summed E-state index contributed by atoms with van der Waals surface area (Å²) in [6.07, 6.45) is 3.06. The van der Waals surface area contributed by atoms with E-state index in [9.17, 15) is 4.79 Å². The van der Waals surface area contributed by atoms with Gasteiger partial charge in [-0.1, -0.05) is 62.7 Å². The highest BCUT2D eigenvalue weighted by molar-refractivity contribution is 6.00. The molecule has 0 fully saturated rings. The first-order valence-corrected chi connectivity index (χ1v) is 10.4. The standard InChI is InChI=1S/C24H27N3O2/c1-3-5-16-29-19-13-11-18(12-14-19)23-20-21(17-9-7-6-8-10-17)25-26-22(20)24(28)27(23)15-4-2/h6-14,23H,3-5,15-16H2,1-2H3,(H,25,26). The van der Waals surface area contributed by atoms with E-state index >= 15 is 0 Å². The molecule has 1 N–H and O–H groups in total. The van der Waals surface area contributed by atoms with Gasteiger partial charge in [-0.15, -0.1) is 0 Å². The zero-order valence-electron chi connectivity index (χ0n) is 17.0. The van der Waals surface area contributed by atoms with Crippen molar-refractivity contribution < 1.29 is 9.53 Å². The first kappa shape index (κ1) is 19.2. The van der Waals surface area contributed by atoms with Crippen LogP contribution >= 0.6 is 0 Å². The van der Waals surface area contributed by atoms with Crippen LogP contribution in [-0.4, -0.2) is 34.2 Å². The van der Waals surface area contributed by atoms with E-state index in [-0.39, 0.29) is 11.9 Å². The van der Waals surface area contributed by atoms with Crippen molar-refractivity contribution in [2.75, 3.05) is 13.2 Å². The zero-order chi connectivity index (χ0) is 20.2. The van der Waals surface area contributed by atoms with Crippen molar-refractivity contribution in [1.82, 2.24) is 15.1 Å². The van der Waals surface area contributed by atoms with Gasteiger partial charge in [0, 0.05) is 17.7 Å². The number of benzene rings is 2. The maximum absolute atomic E-state index is 13.1. The molecule has 0 saturated carbocycles. The average molecular weight is 389 g/mol. The Kier molecular flexibility index (Phi) is 5.65. The van der Waals surface area contributed by atoms with Gasteiger partial charge >= 0.3 is 0 Å². The molecule has 150 valence electrons. The molecule has 5 heteroatoms. The third-order valence-corrected chi connectivity index (χ3v) is 5.34. The molecular weight excluding hydrogens is 362 g/mol. The van der Waals surface area contributed by atoms with Crippen molar-refractivity contribution in [1.29, 1.82) is 0 Å². The molecule has 29 heavy (non-hydrogen) atoms. The fraction of sp³-hybridized carbons (Fsp3) is 0.333. The molecular formula is C24H27N3O2. The number of ether oxygens (including phenoxy) is 1. The van der Waals surface area contributed by atoms with Crippen LogP contribution in [-0.2, 0) is 0 Å². The van der Waals surface area contributed by atoms with Crippen molar-refractivity contribution in [3.05, 3.63) is 71.4 Å². The van der Waals surface area contributed by atoms with E-state index < -0.39 is 0 Å². The summed E-state index contributed by atoms with van der Waals surface area (Å²) in [5, 5.41) is 7.50. The number of nitrogens with one attached hydrogen (secondary N) is 1. The monoisotopic (exact) mass is 389 g/mol. The van der Waals surface area contributed by atoms with Gasteiger partial charge in [0.05, 0.1) is 18.3 Å². The molecule has 1 amide bonds. The smallest absolute Gasteiger partial charge is 0.273 e. The molecule has 0 spiro atoms. The van der Waals surface area contributed by atoms with Gasteiger partial charge in [-0.2, -0.15) is 5.10 Å². The van der Waals surface area contributed by atoms with Gasteiger partial charge in [0.1, 0.15) is 11.4 Å². The van der Waals surface area contributed by atoms with Crippen LogP contribution in [0.1, 0.15) is 60.8 Å². The minimum absolute atomic E-state index is 0.0183. The molecule has 0 aliphatic carbocycles. The van der Waals surface area contributed by atoms with Crippen LogP contribution in [0.3, 0.4) is 0 Å². The molecule has 1 atom stereocenters. The van der Waals surface area contributed by atoms with Crippen LogP contribution in [0.5, 0.6) is 5.75 Å². The molecule has 0 bridgehead atoms. The Balaban J connectivity index is 1.72.